The molecule has 6 nitrogen and oxygen atoms in total. The van der Waals surface area contributed by atoms with E-state index in [4.69, 9.17) is 4.74 Å². The number of hydrogen-bond acceptors (Lipinski definition) is 5. The van der Waals surface area contributed by atoms with Crippen molar-refractivity contribution in [2.75, 3.05) is 25.5 Å². The SMILES string of the molecule is COc1cccc(NC(=O)[C@@H]2CCCN(S(=O)(=O)c3ccc(C)s3)C2)c1. The summed E-state index contributed by atoms with van der Waals surface area (Å²) >= 11 is 1.26. The van der Waals surface area contributed by atoms with Crippen molar-refractivity contribution in [2.24, 2.45) is 5.92 Å². The number of nitrogens with one attached hydrogen (secondary N) is 1. The number of piperidine rings is 1. The first kappa shape index (κ1) is 18.9. The second-order valence-corrected chi connectivity index (χ2v) is 9.74. The van der Waals surface area contributed by atoms with Gasteiger partial charge < -0.3 is 10.1 Å². The van der Waals surface area contributed by atoms with E-state index in [0.29, 0.717) is 35.0 Å². The first-order chi connectivity index (χ1) is 12.4. The molecule has 1 saturated heterocycles. The van der Waals surface area contributed by atoms with Gasteiger partial charge in [0, 0.05) is 29.7 Å². The minimum atomic E-state index is -3.54. The maximum absolute atomic E-state index is 12.8. The normalized spacial score (nSPS) is 18.5. The molecule has 1 fully saturated rings. The van der Waals surface area contributed by atoms with Gasteiger partial charge in [-0.25, -0.2) is 8.42 Å². The van der Waals surface area contributed by atoms with Crippen LogP contribution in [-0.4, -0.2) is 38.8 Å². The number of hydrogen-bond donors (Lipinski definition) is 1. The Labute approximate surface area is 157 Å². The Bertz CT molecular complexity index is 892. The van der Waals surface area contributed by atoms with Crippen LogP contribution in [0, 0.1) is 12.8 Å². The molecule has 1 N–H and O–H groups in total. The van der Waals surface area contributed by atoms with E-state index in [0.717, 1.165) is 4.88 Å². The summed E-state index contributed by atoms with van der Waals surface area (Å²) in [5, 5.41) is 2.86. The molecule has 0 bridgehead atoms. The van der Waals surface area contributed by atoms with Crippen molar-refractivity contribution in [2.45, 2.75) is 24.0 Å². The first-order valence-electron chi connectivity index (χ1n) is 8.41. The first-order valence-corrected chi connectivity index (χ1v) is 10.7. The summed E-state index contributed by atoms with van der Waals surface area (Å²) in [4.78, 5) is 13.6. The summed E-state index contributed by atoms with van der Waals surface area (Å²) < 4.78 is 32.5. The Morgan fingerprint density at radius 3 is 2.81 bits per heavy atom. The van der Waals surface area contributed by atoms with Crippen LogP contribution in [0.1, 0.15) is 17.7 Å². The molecule has 2 heterocycles. The Kier molecular flexibility index (Phi) is 5.64. The van der Waals surface area contributed by atoms with Crippen molar-refractivity contribution < 1.29 is 17.9 Å². The lowest BCUT2D eigenvalue weighted by Gasteiger charge is -2.30. The monoisotopic (exact) mass is 394 g/mol. The fourth-order valence-electron chi connectivity index (χ4n) is 3.00. The number of ether oxygens (including phenoxy) is 1. The van der Waals surface area contributed by atoms with E-state index in [1.807, 2.05) is 6.92 Å². The van der Waals surface area contributed by atoms with E-state index in [1.54, 1.807) is 43.5 Å². The number of rotatable bonds is 5. The predicted molar refractivity (Wildman–Crippen MR) is 102 cm³/mol. The van der Waals surface area contributed by atoms with Crippen molar-refractivity contribution in [3.8, 4) is 5.75 Å². The van der Waals surface area contributed by atoms with Crippen LogP contribution in [-0.2, 0) is 14.8 Å². The lowest BCUT2D eigenvalue weighted by molar-refractivity contribution is -0.120. The van der Waals surface area contributed by atoms with Crippen LogP contribution in [0.15, 0.2) is 40.6 Å². The summed E-state index contributed by atoms with van der Waals surface area (Å²) in [6.45, 7) is 2.53. The number of sulfonamides is 1. The molecule has 2 aromatic rings. The molecule has 0 spiro atoms. The number of thiophene rings is 1. The van der Waals surface area contributed by atoms with Crippen LogP contribution in [0.3, 0.4) is 0 Å². The molecule has 1 aliphatic rings. The third kappa shape index (κ3) is 4.08. The number of anilines is 1. The fraction of sp³-hybridized carbons (Fsp3) is 0.389. The minimum absolute atomic E-state index is 0.166. The van der Waals surface area contributed by atoms with Crippen LogP contribution in [0.2, 0.25) is 0 Å². The van der Waals surface area contributed by atoms with Gasteiger partial charge in [0.25, 0.3) is 10.0 Å². The van der Waals surface area contributed by atoms with Gasteiger partial charge in [-0.05, 0) is 44.0 Å². The van der Waals surface area contributed by atoms with Gasteiger partial charge >= 0.3 is 0 Å². The van der Waals surface area contributed by atoms with Gasteiger partial charge in [-0.1, -0.05) is 6.07 Å². The van der Waals surface area contributed by atoms with Crippen LogP contribution in [0.5, 0.6) is 5.75 Å². The highest BCUT2D eigenvalue weighted by molar-refractivity contribution is 7.91. The van der Waals surface area contributed by atoms with Gasteiger partial charge in [0.05, 0.1) is 13.0 Å². The van der Waals surface area contributed by atoms with Gasteiger partial charge in [0.1, 0.15) is 9.96 Å². The Morgan fingerprint density at radius 1 is 1.31 bits per heavy atom. The highest BCUT2D eigenvalue weighted by Gasteiger charge is 2.34. The minimum Gasteiger partial charge on any atom is -0.497 e. The second-order valence-electron chi connectivity index (χ2n) is 6.29. The molecule has 1 aromatic heterocycles. The molecular formula is C18H22N2O4S2. The van der Waals surface area contributed by atoms with Crippen molar-refractivity contribution in [1.82, 2.24) is 4.31 Å². The summed E-state index contributed by atoms with van der Waals surface area (Å²) in [5.74, 6) is 0.120. The second kappa shape index (κ2) is 7.77. The zero-order chi connectivity index (χ0) is 18.7. The summed E-state index contributed by atoms with van der Waals surface area (Å²) in [7, 11) is -1.97. The van der Waals surface area contributed by atoms with Gasteiger partial charge in [-0.2, -0.15) is 4.31 Å². The van der Waals surface area contributed by atoms with Gasteiger partial charge in [-0.3, -0.25) is 4.79 Å². The van der Waals surface area contributed by atoms with Crippen molar-refractivity contribution in [3.05, 3.63) is 41.3 Å². The average Bonchev–Trinajstić information content (AvgIpc) is 3.09. The highest BCUT2D eigenvalue weighted by atomic mass is 32.2. The standard InChI is InChI=1S/C18H22N2O4S2/c1-13-8-9-17(25-13)26(22,23)20-10-4-5-14(12-20)18(21)19-15-6-3-7-16(11-15)24-2/h3,6-9,11,14H,4-5,10,12H2,1-2H3,(H,19,21)/t14-/m1/s1. The van der Waals surface area contributed by atoms with Crippen LogP contribution in [0.25, 0.3) is 0 Å². The Hall–Kier alpha value is -1.90. The molecular weight excluding hydrogens is 372 g/mol. The molecule has 8 heteroatoms. The zero-order valence-corrected chi connectivity index (χ0v) is 16.4. The number of aryl methyl sites for hydroxylation is 1. The van der Waals surface area contributed by atoms with E-state index in [-0.39, 0.29) is 18.4 Å². The maximum atomic E-state index is 12.8. The van der Waals surface area contributed by atoms with Crippen molar-refractivity contribution in [1.29, 1.82) is 0 Å². The molecule has 1 aromatic carbocycles. The largest absolute Gasteiger partial charge is 0.497 e. The van der Waals surface area contributed by atoms with Crippen LogP contribution >= 0.6 is 11.3 Å². The van der Waals surface area contributed by atoms with Crippen molar-refractivity contribution in [3.63, 3.8) is 0 Å². The number of benzene rings is 1. The number of carbonyl (C=O) groups excluding carboxylic acids is 1. The molecule has 1 aliphatic heterocycles. The molecule has 1 amide bonds. The molecule has 1 atom stereocenters. The topological polar surface area (TPSA) is 75.7 Å². The molecule has 3 rings (SSSR count). The lowest BCUT2D eigenvalue weighted by Crippen LogP contribution is -2.43. The Balaban J connectivity index is 1.70. The Morgan fingerprint density at radius 2 is 2.12 bits per heavy atom. The van der Waals surface area contributed by atoms with E-state index < -0.39 is 10.0 Å². The smallest absolute Gasteiger partial charge is 0.252 e. The van der Waals surface area contributed by atoms with E-state index >= 15 is 0 Å². The predicted octanol–water partition coefficient (Wildman–Crippen LogP) is 3.10. The zero-order valence-electron chi connectivity index (χ0n) is 14.8. The number of amides is 1. The number of methoxy groups -OCH3 is 1. The fourth-order valence-corrected chi connectivity index (χ4v) is 5.96. The highest BCUT2D eigenvalue weighted by Crippen LogP contribution is 2.29. The third-order valence-electron chi connectivity index (χ3n) is 4.40. The number of nitrogens with zero attached hydrogens (tertiary/aromatic N) is 1. The maximum Gasteiger partial charge on any atom is 0.252 e. The number of carbonyl (C=O) groups is 1. The third-order valence-corrected chi connectivity index (χ3v) is 7.74. The van der Waals surface area contributed by atoms with Gasteiger partial charge in [-0.15, -0.1) is 11.3 Å². The molecule has 0 saturated carbocycles. The molecule has 0 unspecified atom stereocenters. The van der Waals surface area contributed by atoms with Crippen LogP contribution < -0.4 is 10.1 Å². The van der Waals surface area contributed by atoms with Gasteiger partial charge in [0.2, 0.25) is 5.91 Å². The quantitative estimate of drug-likeness (QED) is 0.845. The van der Waals surface area contributed by atoms with Gasteiger partial charge in [0.15, 0.2) is 0 Å². The molecule has 0 aliphatic carbocycles. The average molecular weight is 395 g/mol. The van der Waals surface area contributed by atoms with Crippen LogP contribution in [0.4, 0.5) is 5.69 Å². The van der Waals surface area contributed by atoms with E-state index in [1.165, 1.54) is 15.6 Å². The lowest BCUT2D eigenvalue weighted by atomic mass is 9.98. The summed E-state index contributed by atoms with van der Waals surface area (Å²) in [6.07, 6.45) is 1.34. The summed E-state index contributed by atoms with van der Waals surface area (Å²) in [5.41, 5.74) is 0.642. The molecule has 26 heavy (non-hydrogen) atoms. The molecule has 140 valence electrons. The van der Waals surface area contributed by atoms with E-state index in [2.05, 4.69) is 5.32 Å². The molecule has 0 radical (unpaired) electrons. The van der Waals surface area contributed by atoms with E-state index in [9.17, 15) is 13.2 Å². The van der Waals surface area contributed by atoms with Crippen molar-refractivity contribution >= 4 is 33.0 Å². The summed E-state index contributed by atoms with van der Waals surface area (Å²) in [6, 6.07) is 10.6.